The molecular weight excluding hydrogens is 252 g/mol. The van der Waals surface area contributed by atoms with Gasteiger partial charge < -0.3 is 5.73 Å². The molecule has 0 fully saturated rings. The van der Waals surface area contributed by atoms with Gasteiger partial charge in [-0.2, -0.15) is 0 Å². The number of nitrogens with one attached hydrogen (secondary N) is 1. The van der Waals surface area contributed by atoms with Crippen LogP contribution in [0.15, 0.2) is 21.0 Å². The number of aromatic nitrogens is 4. The first-order valence-corrected chi connectivity index (χ1v) is 5.21. The van der Waals surface area contributed by atoms with E-state index in [1.165, 1.54) is 11.6 Å². The number of hydrogen-bond donors (Lipinski definition) is 2. The Morgan fingerprint density at radius 1 is 1.47 bits per heavy atom. The third-order valence-corrected chi connectivity index (χ3v) is 2.98. The first-order chi connectivity index (χ1) is 7.99. The smallest absolute Gasteiger partial charge is 0.343 e. The summed E-state index contributed by atoms with van der Waals surface area (Å²) in [6.07, 6.45) is 0. The second-order valence-electron chi connectivity index (χ2n) is 3.11. The molecule has 0 aliphatic heterocycles. The second-order valence-corrected chi connectivity index (χ2v) is 4.07. The van der Waals surface area contributed by atoms with Crippen molar-refractivity contribution in [3.63, 3.8) is 0 Å². The van der Waals surface area contributed by atoms with Crippen molar-refractivity contribution in [2.75, 3.05) is 5.73 Å². The number of nitrogens with zero attached hydrogens (tertiary/aromatic N) is 3. The van der Waals surface area contributed by atoms with Crippen LogP contribution in [0.5, 0.6) is 0 Å². The summed E-state index contributed by atoms with van der Waals surface area (Å²) in [7, 11) is 1.46. The van der Waals surface area contributed by atoms with Gasteiger partial charge in [-0.25, -0.2) is 23.7 Å². The lowest BCUT2D eigenvalue weighted by molar-refractivity contribution is 0.552. The monoisotopic (exact) mass is 259 g/mol. The van der Waals surface area contributed by atoms with E-state index in [1.54, 1.807) is 0 Å². The quantitative estimate of drug-likeness (QED) is 0.820. The lowest BCUT2D eigenvalue weighted by Gasteiger charge is -2.02. The van der Waals surface area contributed by atoms with Crippen LogP contribution in [0.4, 0.5) is 14.6 Å². The van der Waals surface area contributed by atoms with Crippen molar-refractivity contribution in [2.24, 2.45) is 7.05 Å². The van der Waals surface area contributed by atoms with Crippen LogP contribution in [0.3, 0.4) is 0 Å². The standard InChI is InChI=1S/C8H7F2N5OS/c1-15-7(16)13-14-8(15)17-6-4(10)2-3(9)5(11)12-6/h2H,1H3,(H2,11,12)(H,13,16). The van der Waals surface area contributed by atoms with E-state index < -0.39 is 23.1 Å². The van der Waals surface area contributed by atoms with Crippen LogP contribution in [0.25, 0.3) is 0 Å². The van der Waals surface area contributed by atoms with Crippen LogP contribution in [0.1, 0.15) is 0 Å². The minimum atomic E-state index is -0.928. The maximum absolute atomic E-state index is 13.4. The predicted octanol–water partition coefficient (Wildman–Crippen LogP) is 0.515. The molecule has 0 bridgehead atoms. The van der Waals surface area contributed by atoms with Crippen molar-refractivity contribution in [1.29, 1.82) is 0 Å². The van der Waals surface area contributed by atoms with E-state index in [1.807, 2.05) is 0 Å². The molecule has 17 heavy (non-hydrogen) atoms. The minimum absolute atomic E-state index is 0.147. The number of rotatable bonds is 2. The predicted molar refractivity (Wildman–Crippen MR) is 56.5 cm³/mol. The van der Waals surface area contributed by atoms with Gasteiger partial charge in [0.1, 0.15) is 5.03 Å². The summed E-state index contributed by atoms with van der Waals surface area (Å²) in [5.41, 5.74) is 4.78. The van der Waals surface area contributed by atoms with Gasteiger partial charge in [-0.15, -0.1) is 5.10 Å². The third-order valence-electron chi connectivity index (χ3n) is 1.95. The van der Waals surface area contributed by atoms with Crippen LogP contribution in [-0.4, -0.2) is 19.7 Å². The fourth-order valence-corrected chi connectivity index (χ4v) is 1.83. The SMILES string of the molecule is Cn1c(Sc2nc(N)c(F)cc2F)n[nH]c1=O. The fourth-order valence-electron chi connectivity index (χ4n) is 1.04. The molecule has 2 rings (SSSR count). The molecule has 6 nitrogen and oxygen atoms in total. The first kappa shape index (κ1) is 11.6. The topological polar surface area (TPSA) is 89.6 Å². The molecular formula is C8H7F2N5OS. The summed E-state index contributed by atoms with van der Waals surface area (Å²) >= 11 is 0.772. The van der Waals surface area contributed by atoms with Crippen LogP contribution < -0.4 is 11.4 Å². The zero-order valence-corrected chi connectivity index (χ0v) is 9.39. The highest BCUT2D eigenvalue weighted by Crippen LogP contribution is 2.27. The van der Waals surface area contributed by atoms with E-state index in [9.17, 15) is 13.6 Å². The molecule has 0 saturated carbocycles. The van der Waals surface area contributed by atoms with E-state index in [0.717, 1.165) is 11.8 Å². The molecule has 2 aromatic rings. The molecule has 0 amide bonds. The molecule has 9 heteroatoms. The average Bonchev–Trinajstić information content (AvgIpc) is 2.58. The molecule has 2 heterocycles. The van der Waals surface area contributed by atoms with Crippen molar-refractivity contribution in [3.05, 3.63) is 28.2 Å². The highest BCUT2D eigenvalue weighted by molar-refractivity contribution is 7.99. The van der Waals surface area contributed by atoms with Gasteiger partial charge in [-0.3, -0.25) is 4.57 Å². The van der Waals surface area contributed by atoms with Crippen molar-refractivity contribution in [3.8, 4) is 0 Å². The molecule has 2 aromatic heterocycles. The Morgan fingerprint density at radius 2 is 2.18 bits per heavy atom. The number of H-pyrrole nitrogens is 1. The molecule has 0 aliphatic carbocycles. The Balaban J connectivity index is 2.40. The summed E-state index contributed by atoms with van der Waals surface area (Å²) in [6, 6.07) is 0.634. The molecule has 0 atom stereocenters. The Labute approximate surface area is 97.9 Å². The van der Waals surface area contributed by atoms with Gasteiger partial charge in [0, 0.05) is 13.1 Å². The number of halogens is 2. The largest absolute Gasteiger partial charge is 0.381 e. The number of hydrogen-bond acceptors (Lipinski definition) is 5. The number of pyridine rings is 1. The van der Waals surface area contributed by atoms with E-state index in [0.29, 0.717) is 6.07 Å². The highest BCUT2D eigenvalue weighted by Gasteiger charge is 2.14. The number of nitrogens with two attached hydrogens (primary N) is 1. The summed E-state index contributed by atoms with van der Waals surface area (Å²) in [5, 5.41) is 5.89. The van der Waals surface area contributed by atoms with Crippen LogP contribution in [-0.2, 0) is 7.05 Å². The van der Waals surface area contributed by atoms with Gasteiger partial charge in [0.25, 0.3) is 0 Å². The second kappa shape index (κ2) is 4.17. The van der Waals surface area contributed by atoms with Gasteiger partial charge in [0.05, 0.1) is 0 Å². The van der Waals surface area contributed by atoms with Gasteiger partial charge >= 0.3 is 5.69 Å². The lowest BCUT2D eigenvalue weighted by Crippen LogP contribution is -2.13. The number of aromatic amines is 1. The van der Waals surface area contributed by atoms with Crippen molar-refractivity contribution in [1.82, 2.24) is 19.7 Å². The van der Waals surface area contributed by atoms with Crippen LogP contribution in [0, 0.1) is 11.6 Å². The summed E-state index contributed by atoms with van der Waals surface area (Å²) < 4.78 is 27.4. The van der Waals surface area contributed by atoms with Gasteiger partial charge in [0.2, 0.25) is 0 Å². The third kappa shape index (κ3) is 2.13. The summed E-state index contributed by atoms with van der Waals surface area (Å²) in [6.45, 7) is 0. The van der Waals surface area contributed by atoms with E-state index in [4.69, 9.17) is 5.73 Å². The molecule has 3 N–H and O–H groups in total. The zero-order chi connectivity index (χ0) is 12.6. The Kier molecular flexibility index (Phi) is 2.84. The number of anilines is 1. The van der Waals surface area contributed by atoms with Gasteiger partial charge in [-0.1, -0.05) is 0 Å². The van der Waals surface area contributed by atoms with Crippen LogP contribution in [0.2, 0.25) is 0 Å². The lowest BCUT2D eigenvalue weighted by atomic mass is 10.4. The van der Waals surface area contributed by atoms with Crippen LogP contribution >= 0.6 is 11.8 Å². The highest BCUT2D eigenvalue weighted by atomic mass is 32.2. The van der Waals surface area contributed by atoms with Gasteiger partial charge in [0.15, 0.2) is 22.6 Å². The fraction of sp³-hybridized carbons (Fsp3) is 0.125. The van der Waals surface area contributed by atoms with E-state index in [2.05, 4.69) is 15.2 Å². The van der Waals surface area contributed by atoms with Crippen molar-refractivity contribution >= 4 is 17.6 Å². The van der Waals surface area contributed by atoms with E-state index >= 15 is 0 Å². The minimum Gasteiger partial charge on any atom is -0.381 e. The van der Waals surface area contributed by atoms with Crippen molar-refractivity contribution in [2.45, 2.75) is 10.2 Å². The summed E-state index contributed by atoms with van der Waals surface area (Å²) in [4.78, 5) is 14.6. The first-order valence-electron chi connectivity index (χ1n) is 4.40. The Morgan fingerprint density at radius 3 is 2.76 bits per heavy atom. The molecule has 0 unspecified atom stereocenters. The molecule has 0 aliphatic rings. The normalized spacial score (nSPS) is 10.8. The average molecular weight is 259 g/mol. The van der Waals surface area contributed by atoms with Crippen molar-refractivity contribution < 1.29 is 8.78 Å². The molecule has 0 radical (unpaired) electrons. The Bertz CT molecular complexity index is 623. The Hall–Kier alpha value is -1.90. The maximum atomic E-state index is 13.4. The molecule has 90 valence electrons. The zero-order valence-electron chi connectivity index (χ0n) is 8.57. The summed E-state index contributed by atoms with van der Waals surface area (Å²) in [5.74, 6) is -2.20. The molecule has 0 aromatic carbocycles. The van der Waals surface area contributed by atoms with Gasteiger partial charge in [-0.05, 0) is 11.8 Å². The number of nitrogen functional groups attached to an aromatic ring is 1. The molecule has 0 saturated heterocycles. The molecule has 0 spiro atoms. The van der Waals surface area contributed by atoms with E-state index in [-0.39, 0.29) is 10.2 Å². The maximum Gasteiger partial charge on any atom is 0.343 e.